The van der Waals surface area contributed by atoms with Crippen LogP contribution in [0.15, 0.2) is 42.5 Å². The molecule has 21 heavy (non-hydrogen) atoms. The summed E-state index contributed by atoms with van der Waals surface area (Å²) in [5.41, 5.74) is 3.49. The number of rotatable bonds is 4. The van der Waals surface area contributed by atoms with E-state index in [-0.39, 0.29) is 17.9 Å². The summed E-state index contributed by atoms with van der Waals surface area (Å²) in [6.07, 6.45) is 0.224. The Kier molecular flexibility index (Phi) is 4.38. The van der Waals surface area contributed by atoms with Crippen molar-refractivity contribution in [1.82, 2.24) is 0 Å². The first-order valence-electron chi connectivity index (χ1n) is 6.65. The SMILES string of the molecule is Cc1ccc(C)c(CC(=O)Nc2ccccc2C(=O)O)c1. The average molecular weight is 283 g/mol. The Bertz CT molecular complexity index is 692. The molecule has 0 aliphatic rings. The number of amides is 1. The summed E-state index contributed by atoms with van der Waals surface area (Å²) >= 11 is 0. The zero-order chi connectivity index (χ0) is 15.4. The molecule has 0 radical (unpaired) electrons. The molecule has 1 amide bonds. The van der Waals surface area contributed by atoms with Crippen molar-refractivity contribution in [3.8, 4) is 0 Å². The molecule has 2 rings (SSSR count). The quantitative estimate of drug-likeness (QED) is 0.905. The maximum atomic E-state index is 12.1. The third-order valence-electron chi connectivity index (χ3n) is 3.29. The van der Waals surface area contributed by atoms with Crippen LogP contribution in [0.5, 0.6) is 0 Å². The molecule has 0 atom stereocenters. The van der Waals surface area contributed by atoms with Gasteiger partial charge in [0.1, 0.15) is 0 Å². The predicted molar refractivity (Wildman–Crippen MR) is 81.7 cm³/mol. The Morgan fingerprint density at radius 3 is 2.52 bits per heavy atom. The Morgan fingerprint density at radius 2 is 1.81 bits per heavy atom. The number of aromatic carboxylic acids is 1. The lowest BCUT2D eigenvalue weighted by Crippen LogP contribution is -2.17. The molecule has 4 nitrogen and oxygen atoms in total. The number of hydrogen-bond acceptors (Lipinski definition) is 2. The van der Waals surface area contributed by atoms with Crippen molar-refractivity contribution in [3.63, 3.8) is 0 Å². The smallest absolute Gasteiger partial charge is 0.337 e. The number of carbonyl (C=O) groups is 2. The zero-order valence-corrected chi connectivity index (χ0v) is 12.0. The van der Waals surface area contributed by atoms with Crippen molar-refractivity contribution in [3.05, 3.63) is 64.7 Å². The lowest BCUT2D eigenvalue weighted by atomic mass is 10.0. The summed E-state index contributed by atoms with van der Waals surface area (Å²) in [4.78, 5) is 23.2. The van der Waals surface area contributed by atoms with E-state index >= 15 is 0 Å². The molecule has 2 aromatic carbocycles. The number of benzene rings is 2. The standard InChI is InChI=1S/C17H17NO3/c1-11-7-8-12(2)13(9-11)10-16(19)18-15-6-4-3-5-14(15)17(20)21/h3-9H,10H2,1-2H3,(H,18,19)(H,20,21). The van der Waals surface area contributed by atoms with Crippen molar-refractivity contribution in [2.24, 2.45) is 0 Å². The number of nitrogens with one attached hydrogen (secondary N) is 1. The highest BCUT2D eigenvalue weighted by Crippen LogP contribution is 2.16. The molecule has 2 N–H and O–H groups in total. The lowest BCUT2D eigenvalue weighted by molar-refractivity contribution is -0.115. The van der Waals surface area contributed by atoms with Gasteiger partial charge in [0, 0.05) is 0 Å². The van der Waals surface area contributed by atoms with Gasteiger partial charge in [0.05, 0.1) is 17.7 Å². The molecule has 0 saturated carbocycles. The highest BCUT2D eigenvalue weighted by atomic mass is 16.4. The second kappa shape index (κ2) is 6.22. The van der Waals surface area contributed by atoms with Crippen molar-refractivity contribution in [2.75, 3.05) is 5.32 Å². The van der Waals surface area contributed by atoms with Gasteiger partial charge < -0.3 is 10.4 Å². The molecule has 2 aromatic rings. The van der Waals surface area contributed by atoms with Gasteiger partial charge >= 0.3 is 5.97 Å². The van der Waals surface area contributed by atoms with Crippen LogP contribution < -0.4 is 5.32 Å². The number of anilines is 1. The van der Waals surface area contributed by atoms with E-state index in [0.29, 0.717) is 5.69 Å². The Morgan fingerprint density at radius 1 is 1.10 bits per heavy atom. The van der Waals surface area contributed by atoms with Crippen LogP contribution in [0.3, 0.4) is 0 Å². The van der Waals surface area contributed by atoms with Crippen LogP contribution in [0, 0.1) is 13.8 Å². The molecule has 0 fully saturated rings. The fraction of sp³-hybridized carbons (Fsp3) is 0.176. The zero-order valence-electron chi connectivity index (χ0n) is 12.0. The molecule has 0 spiro atoms. The minimum Gasteiger partial charge on any atom is -0.478 e. The summed E-state index contributed by atoms with van der Waals surface area (Å²) in [7, 11) is 0. The van der Waals surface area contributed by atoms with E-state index in [4.69, 9.17) is 5.11 Å². The molecule has 0 unspecified atom stereocenters. The summed E-state index contributed by atoms with van der Waals surface area (Å²) < 4.78 is 0. The van der Waals surface area contributed by atoms with Gasteiger partial charge in [-0.3, -0.25) is 4.79 Å². The Labute approximate surface area is 123 Å². The third-order valence-corrected chi connectivity index (χ3v) is 3.29. The molecule has 0 heterocycles. The summed E-state index contributed by atoms with van der Waals surface area (Å²) in [6, 6.07) is 12.3. The van der Waals surface area contributed by atoms with Crippen molar-refractivity contribution in [2.45, 2.75) is 20.3 Å². The fourth-order valence-electron chi connectivity index (χ4n) is 2.14. The monoisotopic (exact) mass is 283 g/mol. The van der Waals surface area contributed by atoms with Crippen LogP contribution >= 0.6 is 0 Å². The van der Waals surface area contributed by atoms with Crippen LogP contribution in [-0.2, 0) is 11.2 Å². The first-order chi connectivity index (χ1) is 9.97. The molecule has 0 aliphatic carbocycles. The number of carboxylic acid groups (broad SMARTS) is 1. The lowest BCUT2D eigenvalue weighted by Gasteiger charge is -2.10. The second-order valence-corrected chi connectivity index (χ2v) is 5.01. The van der Waals surface area contributed by atoms with E-state index < -0.39 is 5.97 Å². The fourth-order valence-corrected chi connectivity index (χ4v) is 2.14. The van der Waals surface area contributed by atoms with Gasteiger partial charge in [0.2, 0.25) is 5.91 Å². The Hall–Kier alpha value is -2.62. The van der Waals surface area contributed by atoms with Crippen LogP contribution in [0.4, 0.5) is 5.69 Å². The predicted octanol–water partition coefficient (Wildman–Crippen LogP) is 3.18. The van der Waals surface area contributed by atoms with Crippen molar-refractivity contribution in [1.29, 1.82) is 0 Å². The van der Waals surface area contributed by atoms with E-state index in [9.17, 15) is 9.59 Å². The Balaban J connectivity index is 2.16. The molecule has 0 aromatic heterocycles. The van der Waals surface area contributed by atoms with Crippen molar-refractivity contribution >= 4 is 17.6 Å². The first kappa shape index (κ1) is 14.8. The van der Waals surface area contributed by atoms with Gasteiger partial charge in [-0.2, -0.15) is 0 Å². The highest BCUT2D eigenvalue weighted by Gasteiger charge is 2.12. The normalized spacial score (nSPS) is 10.2. The third kappa shape index (κ3) is 3.69. The van der Waals surface area contributed by atoms with Crippen LogP contribution in [0.1, 0.15) is 27.0 Å². The van der Waals surface area contributed by atoms with Gasteiger partial charge in [-0.25, -0.2) is 4.79 Å². The maximum Gasteiger partial charge on any atom is 0.337 e. The molecular formula is C17H17NO3. The van der Waals surface area contributed by atoms with E-state index in [1.165, 1.54) is 6.07 Å². The molecular weight excluding hydrogens is 266 g/mol. The van der Waals surface area contributed by atoms with Crippen molar-refractivity contribution < 1.29 is 14.7 Å². The summed E-state index contributed by atoms with van der Waals surface area (Å²) in [5, 5.41) is 11.8. The number of aryl methyl sites for hydroxylation is 2. The first-order valence-corrected chi connectivity index (χ1v) is 6.65. The largest absolute Gasteiger partial charge is 0.478 e. The summed E-state index contributed by atoms with van der Waals surface area (Å²) in [6.45, 7) is 3.92. The van der Waals surface area contributed by atoms with Gasteiger partial charge in [-0.1, -0.05) is 35.9 Å². The van der Waals surface area contributed by atoms with Crippen LogP contribution in [-0.4, -0.2) is 17.0 Å². The number of hydrogen-bond donors (Lipinski definition) is 2. The molecule has 0 aliphatic heterocycles. The summed E-state index contributed by atoms with van der Waals surface area (Å²) in [5.74, 6) is -1.28. The number of para-hydroxylation sites is 1. The number of carbonyl (C=O) groups excluding carboxylic acids is 1. The topological polar surface area (TPSA) is 66.4 Å². The van der Waals surface area contributed by atoms with Gasteiger partial charge in [-0.05, 0) is 37.1 Å². The van der Waals surface area contributed by atoms with Gasteiger partial charge in [-0.15, -0.1) is 0 Å². The van der Waals surface area contributed by atoms with Gasteiger partial charge in [0.25, 0.3) is 0 Å². The highest BCUT2D eigenvalue weighted by molar-refractivity contribution is 6.01. The van der Waals surface area contributed by atoms with E-state index in [2.05, 4.69) is 5.32 Å². The van der Waals surface area contributed by atoms with Crippen LogP contribution in [0.25, 0.3) is 0 Å². The van der Waals surface area contributed by atoms with E-state index in [1.807, 2.05) is 32.0 Å². The minimum absolute atomic E-state index is 0.0896. The van der Waals surface area contributed by atoms with Crippen LogP contribution in [0.2, 0.25) is 0 Å². The second-order valence-electron chi connectivity index (χ2n) is 5.01. The molecule has 4 heteroatoms. The average Bonchev–Trinajstić information content (AvgIpc) is 2.43. The maximum absolute atomic E-state index is 12.1. The van der Waals surface area contributed by atoms with E-state index in [0.717, 1.165) is 16.7 Å². The minimum atomic E-state index is -1.06. The molecule has 108 valence electrons. The van der Waals surface area contributed by atoms with Gasteiger partial charge in [0.15, 0.2) is 0 Å². The molecule has 0 bridgehead atoms. The molecule has 0 saturated heterocycles. The number of carboxylic acids is 1. The van der Waals surface area contributed by atoms with E-state index in [1.54, 1.807) is 18.2 Å².